The van der Waals surface area contributed by atoms with Crippen molar-refractivity contribution in [3.8, 4) is 0 Å². The van der Waals surface area contributed by atoms with Crippen molar-refractivity contribution in [1.29, 1.82) is 0 Å². The second kappa shape index (κ2) is 5.16. The van der Waals surface area contributed by atoms with Crippen LogP contribution in [0.2, 0.25) is 0 Å². The number of aliphatic hydroxyl groups is 1. The minimum absolute atomic E-state index is 0.146. The molecular weight excluding hydrogens is 302 g/mol. The Bertz CT molecular complexity index is 564. The highest BCUT2D eigenvalue weighted by Gasteiger charge is 2.16. The topological polar surface area (TPSA) is 20.2 Å². The molecule has 0 aliphatic carbocycles. The fourth-order valence-corrected chi connectivity index (χ4v) is 2.27. The van der Waals surface area contributed by atoms with Gasteiger partial charge in [0.1, 0.15) is 17.7 Å². The average molecular weight is 313 g/mol. The summed E-state index contributed by atoms with van der Waals surface area (Å²) in [6.45, 7) is 1.80. The lowest BCUT2D eigenvalue weighted by Gasteiger charge is -2.13. The number of aryl methyl sites for hydroxylation is 1. The van der Waals surface area contributed by atoms with E-state index in [4.69, 9.17) is 0 Å². The van der Waals surface area contributed by atoms with Gasteiger partial charge in [0.25, 0.3) is 0 Å². The minimum atomic E-state index is -1.18. The first-order valence-corrected chi connectivity index (χ1v) is 6.17. The molecule has 0 amide bonds. The van der Waals surface area contributed by atoms with Crippen molar-refractivity contribution in [2.75, 3.05) is 0 Å². The molecule has 0 aliphatic rings. The lowest BCUT2D eigenvalue weighted by Crippen LogP contribution is -2.03. The highest BCUT2D eigenvalue weighted by atomic mass is 79.9. The molecule has 1 N–H and O–H groups in total. The number of benzene rings is 2. The van der Waals surface area contributed by atoms with Crippen LogP contribution in [-0.2, 0) is 0 Å². The van der Waals surface area contributed by atoms with Crippen LogP contribution in [0.1, 0.15) is 22.8 Å². The van der Waals surface area contributed by atoms with E-state index in [1.54, 1.807) is 25.1 Å². The molecule has 94 valence electrons. The maximum atomic E-state index is 13.6. The Morgan fingerprint density at radius 1 is 1.11 bits per heavy atom. The molecule has 18 heavy (non-hydrogen) atoms. The Kier molecular flexibility index (Phi) is 3.78. The first kappa shape index (κ1) is 13.2. The summed E-state index contributed by atoms with van der Waals surface area (Å²) >= 11 is 3.14. The SMILES string of the molecule is Cc1ccc(F)c(C(O)c2cc(F)cc(Br)c2)c1. The zero-order chi connectivity index (χ0) is 13.3. The zero-order valence-electron chi connectivity index (χ0n) is 9.62. The Labute approximate surface area is 112 Å². The summed E-state index contributed by atoms with van der Waals surface area (Å²) in [5, 5.41) is 10.1. The summed E-state index contributed by atoms with van der Waals surface area (Å²) < 4.78 is 27.4. The van der Waals surface area contributed by atoms with Gasteiger partial charge in [-0.05, 0) is 36.8 Å². The van der Waals surface area contributed by atoms with Crippen LogP contribution in [-0.4, -0.2) is 5.11 Å². The standard InChI is InChI=1S/C14H11BrF2O/c1-8-2-3-13(17)12(4-8)14(18)9-5-10(15)7-11(16)6-9/h2-7,14,18H,1H3. The molecule has 2 rings (SSSR count). The number of hydrogen-bond acceptors (Lipinski definition) is 1. The summed E-state index contributed by atoms with van der Waals surface area (Å²) in [5.74, 6) is -0.986. The van der Waals surface area contributed by atoms with E-state index in [1.165, 1.54) is 18.2 Å². The van der Waals surface area contributed by atoms with Crippen LogP contribution >= 0.6 is 15.9 Å². The Morgan fingerprint density at radius 2 is 1.83 bits per heavy atom. The van der Waals surface area contributed by atoms with Crippen molar-refractivity contribution in [2.24, 2.45) is 0 Å². The van der Waals surface area contributed by atoms with Crippen molar-refractivity contribution in [1.82, 2.24) is 0 Å². The summed E-state index contributed by atoms with van der Waals surface area (Å²) in [5.41, 5.74) is 1.29. The number of hydrogen-bond donors (Lipinski definition) is 1. The molecule has 0 saturated carbocycles. The predicted octanol–water partition coefficient (Wildman–Crippen LogP) is 4.12. The van der Waals surface area contributed by atoms with Gasteiger partial charge >= 0.3 is 0 Å². The predicted molar refractivity (Wildman–Crippen MR) is 69.3 cm³/mol. The molecule has 1 nitrogen and oxygen atoms in total. The van der Waals surface area contributed by atoms with Gasteiger partial charge in [-0.25, -0.2) is 8.78 Å². The van der Waals surface area contributed by atoms with Gasteiger partial charge in [0.2, 0.25) is 0 Å². The van der Waals surface area contributed by atoms with Gasteiger partial charge in [0, 0.05) is 10.0 Å². The molecule has 2 aromatic carbocycles. The average Bonchev–Trinajstić information content (AvgIpc) is 2.30. The molecule has 0 bridgehead atoms. The van der Waals surface area contributed by atoms with Crippen LogP contribution in [0.4, 0.5) is 8.78 Å². The monoisotopic (exact) mass is 312 g/mol. The van der Waals surface area contributed by atoms with Crippen molar-refractivity contribution >= 4 is 15.9 Å². The Morgan fingerprint density at radius 3 is 2.50 bits per heavy atom. The number of aliphatic hydroxyl groups excluding tert-OH is 1. The molecule has 0 saturated heterocycles. The summed E-state index contributed by atoms with van der Waals surface area (Å²) in [6.07, 6.45) is -1.18. The molecule has 1 atom stereocenters. The second-order valence-electron chi connectivity index (χ2n) is 4.13. The van der Waals surface area contributed by atoms with Gasteiger partial charge in [0.15, 0.2) is 0 Å². The van der Waals surface area contributed by atoms with Crippen LogP contribution in [0, 0.1) is 18.6 Å². The van der Waals surface area contributed by atoms with E-state index in [0.29, 0.717) is 10.0 Å². The van der Waals surface area contributed by atoms with E-state index >= 15 is 0 Å². The molecule has 1 unspecified atom stereocenters. The fraction of sp³-hybridized carbons (Fsp3) is 0.143. The maximum absolute atomic E-state index is 13.6. The molecule has 2 aromatic rings. The highest BCUT2D eigenvalue weighted by Crippen LogP contribution is 2.27. The van der Waals surface area contributed by atoms with Crippen LogP contribution in [0.25, 0.3) is 0 Å². The van der Waals surface area contributed by atoms with Crippen molar-refractivity contribution in [3.05, 3.63) is 69.2 Å². The molecule has 0 aromatic heterocycles. The lowest BCUT2D eigenvalue weighted by atomic mass is 9.99. The van der Waals surface area contributed by atoms with Crippen LogP contribution in [0.5, 0.6) is 0 Å². The number of rotatable bonds is 2. The third-order valence-electron chi connectivity index (χ3n) is 2.65. The largest absolute Gasteiger partial charge is 0.384 e. The van der Waals surface area contributed by atoms with Gasteiger partial charge in [-0.15, -0.1) is 0 Å². The molecule has 4 heteroatoms. The van der Waals surface area contributed by atoms with Gasteiger partial charge < -0.3 is 5.11 Å². The van der Waals surface area contributed by atoms with E-state index < -0.39 is 17.7 Å². The lowest BCUT2D eigenvalue weighted by molar-refractivity contribution is 0.214. The maximum Gasteiger partial charge on any atom is 0.129 e. The summed E-state index contributed by atoms with van der Waals surface area (Å²) in [4.78, 5) is 0. The van der Waals surface area contributed by atoms with Gasteiger partial charge in [0.05, 0.1) is 0 Å². The highest BCUT2D eigenvalue weighted by molar-refractivity contribution is 9.10. The first-order valence-electron chi connectivity index (χ1n) is 5.37. The molecule has 0 fully saturated rings. The quantitative estimate of drug-likeness (QED) is 0.884. The Hall–Kier alpha value is -1.26. The van der Waals surface area contributed by atoms with E-state index in [0.717, 1.165) is 5.56 Å². The first-order chi connectivity index (χ1) is 8.47. The van der Waals surface area contributed by atoms with Crippen LogP contribution in [0.15, 0.2) is 40.9 Å². The second-order valence-corrected chi connectivity index (χ2v) is 5.05. The van der Waals surface area contributed by atoms with E-state index in [1.807, 2.05) is 0 Å². The smallest absolute Gasteiger partial charge is 0.129 e. The zero-order valence-corrected chi connectivity index (χ0v) is 11.2. The number of halogens is 3. The van der Waals surface area contributed by atoms with Crippen molar-refractivity contribution in [3.63, 3.8) is 0 Å². The normalized spacial score (nSPS) is 12.5. The summed E-state index contributed by atoms with van der Waals surface area (Å²) in [6, 6.07) is 8.50. The molecular formula is C14H11BrF2O. The van der Waals surface area contributed by atoms with E-state index in [-0.39, 0.29) is 5.56 Å². The minimum Gasteiger partial charge on any atom is -0.384 e. The third kappa shape index (κ3) is 2.76. The fourth-order valence-electron chi connectivity index (χ4n) is 1.79. The molecule has 0 spiro atoms. The third-order valence-corrected chi connectivity index (χ3v) is 3.10. The van der Waals surface area contributed by atoms with Crippen LogP contribution in [0.3, 0.4) is 0 Å². The van der Waals surface area contributed by atoms with E-state index in [2.05, 4.69) is 15.9 Å². The van der Waals surface area contributed by atoms with Crippen LogP contribution < -0.4 is 0 Å². The summed E-state index contributed by atoms with van der Waals surface area (Å²) in [7, 11) is 0. The Balaban J connectivity index is 2.47. The van der Waals surface area contributed by atoms with Gasteiger partial charge in [-0.1, -0.05) is 33.6 Å². The van der Waals surface area contributed by atoms with Gasteiger partial charge in [-0.3, -0.25) is 0 Å². The molecule has 0 heterocycles. The van der Waals surface area contributed by atoms with Gasteiger partial charge in [-0.2, -0.15) is 0 Å². The van der Waals surface area contributed by atoms with E-state index in [9.17, 15) is 13.9 Å². The molecule has 0 radical (unpaired) electrons. The van der Waals surface area contributed by atoms with Crippen molar-refractivity contribution in [2.45, 2.75) is 13.0 Å². The molecule has 0 aliphatic heterocycles. The van der Waals surface area contributed by atoms with Crippen molar-refractivity contribution < 1.29 is 13.9 Å².